The highest BCUT2D eigenvalue weighted by Crippen LogP contribution is 2.20. The van der Waals surface area contributed by atoms with E-state index in [0.29, 0.717) is 31.9 Å². The van der Waals surface area contributed by atoms with Crippen LogP contribution >= 0.6 is 0 Å². The molecule has 0 spiro atoms. The van der Waals surface area contributed by atoms with Gasteiger partial charge in [0.25, 0.3) is 0 Å². The molecule has 0 aromatic rings. The van der Waals surface area contributed by atoms with Crippen molar-refractivity contribution in [2.45, 2.75) is 110 Å². The van der Waals surface area contributed by atoms with E-state index in [1.54, 1.807) is 0 Å². The molecule has 29 heavy (non-hydrogen) atoms. The summed E-state index contributed by atoms with van der Waals surface area (Å²) in [4.78, 5) is 4.95. The Bertz CT molecular complexity index is 414. The maximum Gasteiger partial charge on any atom is 0.500 e. The lowest BCUT2D eigenvalue weighted by molar-refractivity contribution is 0.0710. The molecule has 0 atom stereocenters. The first-order chi connectivity index (χ1) is 14.2. The summed E-state index contributed by atoms with van der Waals surface area (Å²) >= 11 is 0. The second-order valence-electron chi connectivity index (χ2n) is 8.27. The minimum atomic E-state index is -2.56. The molecule has 2 N–H and O–H groups in total. The van der Waals surface area contributed by atoms with Gasteiger partial charge in [-0.25, -0.2) is 0 Å². The molecule has 0 aromatic heterocycles. The van der Waals surface area contributed by atoms with Gasteiger partial charge in [0.2, 0.25) is 0 Å². The quantitative estimate of drug-likeness (QED) is 0.206. The van der Waals surface area contributed by atoms with Gasteiger partial charge in [-0.15, -0.1) is 0 Å². The van der Waals surface area contributed by atoms with Gasteiger partial charge in [0.1, 0.15) is 0 Å². The largest absolute Gasteiger partial charge is 0.500 e. The molecule has 0 aromatic carbocycles. The second-order valence-corrected chi connectivity index (χ2v) is 11.0. The fourth-order valence-corrected chi connectivity index (χ4v) is 7.09. The van der Waals surface area contributed by atoms with Crippen molar-refractivity contribution in [3.63, 3.8) is 0 Å². The predicted octanol–water partition coefficient (Wildman–Crippen LogP) is 4.63. The van der Waals surface area contributed by atoms with Crippen LogP contribution in [0.3, 0.4) is 0 Å². The van der Waals surface area contributed by atoms with E-state index < -0.39 is 8.80 Å². The van der Waals surface area contributed by atoms with Gasteiger partial charge >= 0.3 is 8.80 Å². The van der Waals surface area contributed by atoms with Gasteiger partial charge in [-0.3, -0.25) is 4.99 Å². The number of guanidine groups is 1. The molecule has 2 aliphatic rings. The van der Waals surface area contributed by atoms with Crippen molar-refractivity contribution in [2.75, 3.05) is 26.4 Å². The summed E-state index contributed by atoms with van der Waals surface area (Å²) in [5.74, 6) is 1.01. The van der Waals surface area contributed by atoms with Crippen LogP contribution in [-0.4, -0.2) is 53.2 Å². The molecule has 6 nitrogen and oxygen atoms in total. The number of nitrogens with zero attached hydrogens (tertiary/aromatic N) is 1. The fraction of sp³-hybridized carbons (Fsp3) is 0.955. The van der Waals surface area contributed by atoms with E-state index >= 15 is 0 Å². The van der Waals surface area contributed by atoms with Crippen LogP contribution in [0.25, 0.3) is 0 Å². The Labute approximate surface area is 179 Å². The van der Waals surface area contributed by atoms with Crippen LogP contribution in [-0.2, 0) is 13.3 Å². The SMILES string of the molecule is CCO[Si](CCCN=C(NC1CCCCC1)NC1CCCCC1)(OCC)OCC. The van der Waals surface area contributed by atoms with E-state index in [9.17, 15) is 0 Å². The van der Waals surface area contributed by atoms with Gasteiger partial charge in [-0.05, 0) is 52.9 Å². The highest BCUT2D eigenvalue weighted by atomic mass is 28.4. The highest BCUT2D eigenvalue weighted by molar-refractivity contribution is 6.60. The molecule has 2 aliphatic carbocycles. The first kappa shape index (κ1) is 24.6. The molecule has 2 fully saturated rings. The maximum absolute atomic E-state index is 5.98. The van der Waals surface area contributed by atoms with Crippen molar-refractivity contribution in [3.8, 4) is 0 Å². The maximum atomic E-state index is 5.98. The molecule has 7 heteroatoms. The van der Waals surface area contributed by atoms with Gasteiger partial charge in [0, 0.05) is 44.5 Å². The zero-order valence-corrected chi connectivity index (χ0v) is 20.1. The molecular weight excluding hydrogens is 382 g/mol. The third-order valence-corrected chi connectivity index (χ3v) is 9.05. The molecule has 0 bridgehead atoms. The first-order valence-electron chi connectivity index (χ1n) is 12.2. The number of hydrogen-bond acceptors (Lipinski definition) is 4. The lowest BCUT2D eigenvalue weighted by Gasteiger charge is -2.29. The van der Waals surface area contributed by atoms with Crippen molar-refractivity contribution < 1.29 is 13.3 Å². The summed E-state index contributed by atoms with van der Waals surface area (Å²) in [6.45, 7) is 8.71. The number of hydrogen-bond donors (Lipinski definition) is 2. The van der Waals surface area contributed by atoms with Crippen LogP contribution in [0.5, 0.6) is 0 Å². The minimum absolute atomic E-state index is 0.572. The van der Waals surface area contributed by atoms with Crippen molar-refractivity contribution in [1.82, 2.24) is 10.6 Å². The lowest BCUT2D eigenvalue weighted by atomic mass is 9.95. The van der Waals surface area contributed by atoms with Crippen molar-refractivity contribution in [2.24, 2.45) is 4.99 Å². The Morgan fingerprint density at radius 2 is 1.21 bits per heavy atom. The van der Waals surface area contributed by atoms with Crippen molar-refractivity contribution >= 4 is 14.8 Å². The summed E-state index contributed by atoms with van der Waals surface area (Å²) in [6.07, 6.45) is 14.1. The van der Waals surface area contributed by atoms with E-state index in [1.165, 1.54) is 64.2 Å². The summed E-state index contributed by atoms with van der Waals surface area (Å²) in [5, 5.41) is 7.47. The van der Waals surface area contributed by atoms with Crippen LogP contribution < -0.4 is 10.6 Å². The number of aliphatic imine (C=N–C) groups is 1. The summed E-state index contributed by atoms with van der Waals surface area (Å²) in [5.41, 5.74) is 0. The van der Waals surface area contributed by atoms with E-state index in [4.69, 9.17) is 18.3 Å². The Morgan fingerprint density at radius 3 is 1.62 bits per heavy atom. The smallest absolute Gasteiger partial charge is 0.374 e. The molecule has 2 rings (SSSR count). The van der Waals surface area contributed by atoms with E-state index in [1.807, 2.05) is 20.8 Å². The van der Waals surface area contributed by atoms with Crippen LogP contribution in [0.15, 0.2) is 4.99 Å². The summed E-state index contributed by atoms with van der Waals surface area (Å²) < 4.78 is 17.9. The van der Waals surface area contributed by atoms with Gasteiger partial charge in [0.15, 0.2) is 5.96 Å². The molecular formula is C22H45N3O3Si. The zero-order chi connectivity index (χ0) is 20.8. The Hall–Kier alpha value is -0.633. The van der Waals surface area contributed by atoms with Crippen LogP contribution in [0, 0.1) is 0 Å². The van der Waals surface area contributed by atoms with Gasteiger partial charge < -0.3 is 23.9 Å². The third-order valence-electron chi connectivity index (χ3n) is 5.90. The Morgan fingerprint density at radius 1 is 0.759 bits per heavy atom. The first-order valence-corrected chi connectivity index (χ1v) is 14.1. The molecule has 0 saturated heterocycles. The third kappa shape index (κ3) is 9.36. The van der Waals surface area contributed by atoms with Gasteiger partial charge in [0.05, 0.1) is 0 Å². The van der Waals surface area contributed by atoms with Crippen LogP contribution in [0.4, 0.5) is 0 Å². The zero-order valence-electron chi connectivity index (χ0n) is 19.1. The number of nitrogens with one attached hydrogen (secondary N) is 2. The number of rotatable bonds is 12. The van der Waals surface area contributed by atoms with Crippen molar-refractivity contribution in [3.05, 3.63) is 0 Å². The summed E-state index contributed by atoms with van der Waals surface area (Å²) in [7, 11) is -2.56. The molecule has 0 aliphatic heterocycles. The molecule has 0 heterocycles. The summed E-state index contributed by atoms with van der Waals surface area (Å²) in [6, 6.07) is 1.97. The average Bonchev–Trinajstić information content (AvgIpc) is 2.73. The minimum Gasteiger partial charge on any atom is -0.374 e. The molecule has 0 amide bonds. The van der Waals surface area contributed by atoms with E-state index in [-0.39, 0.29) is 0 Å². The standard InChI is InChI=1S/C22H45N3O3Si/c1-4-26-29(27-5-2,28-6-3)19-13-18-23-22(24-20-14-9-7-10-15-20)25-21-16-11-8-12-17-21/h20-21H,4-19H2,1-3H3,(H2,23,24,25). The van der Waals surface area contributed by atoms with Crippen molar-refractivity contribution in [1.29, 1.82) is 0 Å². The van der Waals surface area contributed by atoms with Crippen LogP contribution in [0.1, 0.15) is 91.4 Å². The molecule has 0 unspecified atom stereocenters. The molecule has 0 radical (unpaired) electrons. The van der Waals surface area contributed by atoms with Gasteiger partial charge in [-0.1, -0.05) is 38.5 Å². The fourth-order valence-electron chi connectivity index (χ4n) is 4.50. The van der Waals surface area contributed by atoms with Crippen LogP contribution in [0.2, 0.25) is 6.04 Å². The normalized spacial score (nSPS) is 19.1. The highest BCUT2D eigenvalue weighted by Gasteiger charge is 2.39. The average molecular weight is 428 g/mol. The monoisotopic (exact) mass is 427 g/mol. The topological polar surface area (TPSA) is 64.1 Å². The predicted molar refractivity (Wildman–Crippen MR) is 122 cm³/mol. The molecule has 170 valence electrons. The molecule has 2 saturated carbocycles. The Kier molecular flexibility index (Phi) is 12.2. The van der Waals surface area contributed by atoms with E-state index in [0.717, 1.165) is 25.0 Å². The van der Waals surface area contributed by atoms with E-state index in [2.05, 4.69) is 10.6 Å². The Balaban J connectivity index is 1.91. The lowest BCUT2D eigenvalue weighted by Crippen LogP contribution is -2.48. The van der Waals surface area contributed by atoms with Gasteiger partial charge in [-0.2, -0.15) is 0 Å². The second kappa shape index (κ2) is 14.4.